The summed E-state index contributed by atoms with van der Waals surface area (Å²) in [6.45, 7) is 2.11. The van der Waals surface area contributed by atoms with E-state index in [2.05, 4.69) is 65.3 Å². The van der Waals surface area contributed by atoms with Gasteiger partial charge in [0.1, 0.15) is 0 Å². The lowest BCUT2D eigenvalue weighted by Crippen LogP contribution is -2.23. The minimum Gasteiger partial charge on any atom is -0.327 e. The zero-order chi connectivity index (χ0) is 13.7. The second-order valence-corrected chi connectivity index (χ2v) is 6.03. The molecule has 0 spiro atoms. The third-order valence-electron chi connectivity index (χ3n) is 3.31. The average Bonchev–Trinajstić information content (AvgIpc) is 2.38. The Hall–Kier alpha value is -1.12. The van der Waals surface area contributed by atoms with Gasteiger partial charge in [0.25, 0.3) is 0 Å². The molecule has 2 aromatic rings. The highest BCUT2D eigenvalue weighted by molar-refractivity contribution is 9.10. The largest absolute Gasteiger partial charge is 0.327 e. The van der Waals surface area contributed by atoms with Crippen molar-refractivity contribution in [3.63, 3.8) is 0 Å². The average molecular weight is 318 g/mol. The molecule has 0 fully saturated rings. The van der Waals surface area contributed by atoms with Crippen molar-refractivity contribution < 1.29 is 0 Å². The Balaban J connectivity index is 1.84. The van der Waals surface area contributed by atoms with Crippen molar-refractivity contribution in [1.29, 1.82) is 0 Å². The second kappa shape index (κ2) is 6.88. The molecular weight excluding hydrogens is 298 g/mol. The molecular formula is C17H20BrN. The molecule has 1 nitrogen and oxygen atoms in total. The van der Waals surface area contributed by atoms with Crippen molar-refractivity contribution in [2.45, 2.75) is 32.2 Å². The molecule has 19 heavy (non-hydrogen) atoms. The summed E-state index contributed by atoms with van der Waals surface area (Å²) in [4.78, 5) is 0. The van der Waals surface area contributed by atoms with E-state index in [1.807, 2.05) is 6.07 Å². The fourth-order valence-electron chi connectivity index (χ4n) is 2.18. The molecule has 1 atom stereocenters. The number of hydrogen-bond donors (Lipinski definition) is 1. The Labute approximate surface area is 124 Å². The van der Waals surface area contributed by atoms with E-state index < -0.39 is 0 Å². The summed E-state index contributed by atoms with van der Waals surface area (Å²) in [5.74, 6) is 0. The van der Waals surface area contributed by atoms with E-state index in [1.165, 1.54) is 16.7 Å². The van der Waals surface area contributed by atoms with E-state index in [-0.39, 0.29) is 6.04 Å². The van der Waals surface area contributed by atoms with Crippen LogP contribution in [0.5, 0.6) is 0 Å². The van der Waals surface area contributed by atoms with E-state index in [1.54, 1.807) is 0 Å². The van der Waals surface area contributed by atoms with Crippen LogP contribution in [0.15, 0.2) is 53.0 Å². The van der Waals surface area contributed by atoms with Crippen LogP contribution in [0, 0.1) is 6.92 Å². The molecule has 100 valence electrons. The molecule has 0 amide bonds. The molecule has 0 aliphatic heterocycles. The molecule has 2 aromatic carbocycles. The Morgan fingerprint density at radius 3 is 2.47 bits per heavy atom. The molecule has 0 aliphatic rings. The summed E-state index contributed by atoms with van der Waals surface area (Å²) < 4.78 is 1.12. The van der Waals surface area contributed by atoms with Crippen LogP contribution in [-0.4, -0.2) is 6.04 Å². The van der Waals surface area contributed by atoms with Crippen LogP contribution in [0.1, 0.15) is 23.1 Å². The molecule has 2 heteroatoms. The third kappa shape index (κ3) is 4.81. The Morgan fingerprint density at radius 1 is 1.05 bits per heavy atom. The van der Waals surface area contributed by atoms with E-state index >= 15 is 0 Å². The Bertz CT molecular complexity index is 519. The van der Waals surface area contributed by atoms with Crippen LogP contribution >= 0.6 is 15.9 Å². The number of aryl methyl sites for hydroxylation is 2. The second-order valence-electron chi connectivity index (χ2n) is 5.12. The molecule has 1 unspecified atom stereocenters. The van der Waals surface area contributed by atoms with Crippen LogP contribution < -0.4 is 5.73 Å². The van der Waals surface area contributed by atoms with E-state index in [9.17, 15) is 0 Å². The maximum atomic E-state index is 6.22. The summed E-state index contributed by atoms with van der Waals surface area (Å²) in [7, 11) is 0. The number of benzene rings is 2. The summed E-state index contributed by atoms with van der Waals surface area (Å²) in [5.41, 5.74) is 10.2. The van der Waals surface area contributed by atoms with Crippen LogP contribution in [-0.2, 0) is 12.8 Å². The SMILES string of the molecule is Cc1ccc(CCC(N)Cc2cccc(Br)c2)cc1. The lowest BCUT2D eigenvalue weighted by molar-refractivity contribution is 0.610. The molecule has 2 rings (SSSR count). The first-order valence-corrected chi connectivity index (χ1v) is 7.48. The van der Waals surface area contributed by atoms with Crippen molar-refractivity contribution in [3.8, 4) is 0 Å². The summed E-state index contributed by atoms with van der Waals surface area (Å²) in [6, 6.07) is 17.3. The van der Waals surface area contributed by atoms with Gasteiger partial charge in [0.05, 0.1) is 0 Å². The van der Waals surface area contributed by atoms with Gasteiger partial charge in [-0.2, -0.15) is 0 Å². The van der Waals surface area contributed by atoms with E-state index in [0.717, 1.165) is 23.7 Å². The molecule has 0 aromatic heterocycles. The summed E-state index contributed by atoms with van der Waals surface area (Å²) in [5, 5.41) is 0. The standard InChI is InChI=1S/C17H20BrN/c1-13-5-7-14(8-6-13)9-10-17(19)12-15-3-2-4-16(18)11-15/h2-8,11,17H,9-10,12,19H2,1H3. The van der Waals surface area contributed by atoms with E-state index in [0.29, 0.717) is 0 Å². The quantitative estimate of drug-likeness (QED) is 0.876. The van der Waals surface area contributed by atoms with Gasteiger partial charge in [-0.1, -0.05) is 57.9 Å². The molecule has 0 bridgehead atoms. The topological polar surface area (TPSA) is 26.0 Å². The van der Waals surface area contributed by atoms with Crippen LogP contribution in [0.4, 0.5) is 0 Å². The summed E-state index contributed by atoms with van der Waals surface area (Å²) >= 11 is 3.49. The van der Waals surface area contributed by atoms with Gasteiger partial charge in [-0.3, -0.25) is 0 Å². The van der Waals surface area contributed by atoms with Crippen LogP contribution in [0.25, 0.3) is 0 Å². The van der Waals surface area contributed by atoms with Gasteiger partial charge in [-0.05, 0) is 49.4 Å². The highest BCUT2D eigenvalue weighted by Crippen LogP contribution is 2.14. The molecule has 0 radical (unpaired) electrons. The van der Waals surface area contributed by atoms with Crippen LogP contribution in [0.3, 0.4) is 0 Å². The van der Waals surface area contributed by atoms with Gasteiger partial charge in [0, 0.05) is 10.5 Å². The Kier molecular flexibility index (Phi) is 5.17. The van der Waals surface area contributed by atoms with Gasteiger partial charge in [0.2, 0.25) is 0 Å². The van der Waals surface area contributed by atoms with Crippen molar-refractivity contribution in [2.24, 2.45) is 5.73 Å². The molecule has 2 N–H and O–H groups in total. The predicted octanol–water partition coefficient (Wildman–Crippen LogP) is 4.26. The molecule has 0 saturated heterocycles. The van der Waals surface area contributed by atoms with Crippen molar-refractivity contribution in [1.82, 2.24) is 0 Å². The van der Waals surface area contributed by atoms with Gasteiger partial charge in [0.15, 0.2) is 0 Å². The number of nitrogens with two attached hydrogens (primary N) is 1. The maximum Gasteiger partial charge on any atom is 0.0178 e. The zero-order valence-corrected chi connectivity index (χ0v) is 12.9. The lowest BCUT2D eigenvalue weighted by Gasteiger charge is -2.12. The minimum absolute atomic E-state index is 0.218. The maximum absolute atomic E-state index is 6.22. The fraction of sp³-hybridized carbons (Fsp3) is 0.294. The van der Waals surface area contributed by atoms with Crippen molar-refractivity contribution >= 4 is 15.9 Å². The summed E-state index contributed by atoms with van der Waals surface area (Å²) in [6.07, 6.45) is 3.01. The van der Waals surface area contributed by atoms with Crippen LogP contribution in [0.2, 0.25) is 0 Å². The number of hydrogen-bond acceptors (Lipinski definition) is 1. The van der Waals surface area contributed by atoms with Gasteiger partial charge in [-0.15, -0.1) is 0 Å². The van der Waals surface area contributed by atoms with Gasteiger partial charge >= 0.3 is 0 Å². The Morgan fingerprint density at radius 2 is 1.79 bits per heavy atom. The molecule has 0 saturated carbocycles. The molecule has 0 heterocycles. The number of rotatable bonds is 5. The monoisotopic (exact) mass is 317 g/mol. The fourth-order valence-corrected chi connectivity index (χ4v) is 2.62. The highest BCUT2D eigenvalue weighted by atomic mass is 79.9. The first-order chi connectivity index (χ1) is 9.13. The predicted molar refractivity (Wildman–Crippen MR) is 85.3 cm³/mol. The van der Waals surface area contributed by atoms with Gasteiger partial charge < -0.3 is 5.73 Å². The smallest absolute Gasteiger partial charge is 0.0178 e. The van der Waals surface area contributed by atoms with Crippen molar-refractivity contribution in [3.05, 3.63) is 69.7 Å². The zero-order valence-electron chi connectivity index (χ0n) is 11.3. The number of halogens is 1. The molecule has 0 aliphatic carbocycles. The normalized spacial score (nSPS) is 12.4. The van der Waals surface area contributed by atoms with E-state index in [4.69, 9.17) is 5.73 Å². The van der Waals surface area contributed by atoms with Crippen molar-refractivity contribution in [2.75, 3.05) is 0 Å². The lowest BCUT2D eigenvalue weighted by atomic mass is 9.99. The first-order valence-electron chi connectivity index (χ1n) is 6.69. The highest BCUT2D eigenvalue weighted by Gasteiger charge is 2.05. The third-order valence-corrected chi connectivity index (χ3v) is 3.80. The minimum atomic E-state index is 0.218. The first kappa shape index (κ1) is 14.3. The van der Waals surface area contributed by atoms with Gasteiger partial charge in [-0.25, -0.2) is 0 Å².